The molecule has 126 valence electrons. The van der Waals surface area contributed by atoms with E-state index in [1.807, 2.05) is 13.8 Å². The van der Waals surface area contributed by atoms with E-state index in [9.17, 15) is 19.5 Å². The topological polar surface area (TPSA) is 95.5 Å². The molecule has 1 aromatic heterocycles. The van der Waals surface area contributed by atoms with E-state index in [2.05, 4.69) is 10.6 Å². The van der Waals surface area contributed by atoms with E-state index < -0.39 is 17.9 Å². The highest BCUT2D eigenvalue weighted by Gasteiger charge is 2.32. The summed E-state index contributed by atoms with van der Waals surface area (Å²) in [7, 11) is 0. The third-order valence-corrected chi connectivity index (χ3v) is 5.02. The molecular weight excluding hydrogens is 316 g/mol. The second-order valence-corrected chi connectivity index (χ2v) is 7.29. The van der Waals surface area contributed by atoms with Crippen LogP contribution in [-0.2, 0) is 9.59 Å². The van der Waals surface area contributed by atoms with Gasteiger partial charge in [-0.2, -0.15) is 0 Å². The van der Waals surface area contributed by atoms with E-state index in [0.717, 1.165) is 17.7 Å². The largest absolute Gasteiger partial charge is 0.480 e. The number of carboxylic acids is 1. The zero-order valence-corrected chi connectivity index (χ0v) is 14.3. The minimum atomic E-state index is -1.05. The minimum absolute atomic E-state index is 0.0419. The molecule has 1 fully saturated rings. The van der Waals surface area contributed by atoms with Crippen LogP contribution in [-0.4, -0.2) is 28.9 Å². The second kappa shape index (κ2) is 7.12. The van der Waals surface area contributed by atoms with Gasteiger partial charge in [-0.25, -0.2) is 4.79 Å². The van der Waals surface area contributed by atoms with Gasteiger partial charge in [0.05, 0.1) is 5.56 Å². The minimum Gasteiger partial charge on any atom is -0.480 e. The molecule has 7 heteroatoms. The highest BCUT2D eigenvalue weighted by atomic mass is 32.1. The average molecular weight is 338 g/mol. The molecule has 2 rings (SSSR count). The number of carbonyl (C=O) groups excluding carboxylic acids is 2. The Morgan fingerprint density at radius 2 is 2.04 bits per heavy atom. The summed E-state index contributed by atoms with van der Waals surface area (Å²) in [4.78, 5) is 36.6. The first kappa shape index (κ1) is 17.5. The maximum Gasteiger partial charge on any atom is 0.326 e. The normalized spacial score (nSPS) is 16.5. The van der Waals surface area contributed by atoms with E-state index in [-0.39, 0.29) is 17.7 Å². The van der Waals surface area contributed by atoms with Gasteiger partial charge in [-0.15, -0.1) is 11.3 Å². The van der Waals surface area contributed by atoms with Gasteiger partial charge in [0.2, 0.25) is 5.91 Å². The third kappa shape index (κ3) is 4.31. The van der Waals surface area contributed by atoms with Crippen LogP contribution in [0.25, 0.3) is 0 Å². The molecule has 0 bridgehead atoms. The van der Waals surface area contributed by atoms with Crippen LogP contribution >= 0.6 is 11.3 Å². The smallest absolute Gasteiger partial charge is 0.326 e. The van der Waals surface area contributed by atoms with Crippen LogP contribution < -0.4 is 10.6 Å². The highest BCUT2D eigenvalue weighted by Crippen LogP contribution is 2.33. The number of aryl methyl sites for hydroxylation is 1. The fourth-order valence-electron chi connectivity index (χ4n) is 2.24. The average Bonchev–Trinajstić information content (AvgIpc) is 3.28. The van der Waals surface area contributed by atoms with Crippen LogP contribution in [0, 0.1) is 18.8 Å². The van der Waals surface area contributed by atoms with Gasteiger partial charge < -0.3 is 15.7 Å². The number of carbonyl (C=O) groups is 3. The van der Waals surface area contributed by atoms with Gasteiger partial charge >= 0.3 is 5.97 Å². The van der Waals surface area contributed by atoms with Gasteiger partial charge in [0, 0.05) is 10.8 Å². The van der Waals surface area contributed by atoms with Crippen molar-refractivity contribution in [2.45, 2.75) is 46.1 Å². The maximum absolute atomic E-state index is 12.5. The summed E-state index contributed by atoms with van der Waals surface area (Å²) >= 11 is 1.33. The summed E-state index contributed by atoms with van der Waals surface area (Å²) in [6, 6.07) is 0.734. The lowest BCUT2D eigenvalue weighted by molar-refractivity contribution is -0.140. The third-order valence-electron chi connectivity index (χ3n) is 4.05. The number of hydrogen-bond donors (Lipinski definition) is 3. The van der Waals surface area contributed by atoms with Gasteiger partial charge in [-0.1, -0.05) is 20.3 Å². The zero-order valence-electron chi connectivity index (χ0n) is 13.5. The van der Waals surface area contributed by atoms with Crippen molar-refractivity contribution in [3.8, 4) is 0 Å². The van der Waals surface area contributed by atoms with E-state index in [0.29, 0.717) is 17.0 Å². The van der Waals surface area contributed by atoms with Crippen molar-refractivity contribution in [2.24, 2.45) is 11.8 Å². The summed E-state index contributed by atoms with van der Waals surface area (Å²) in [5, 5.41) is 15.1. The zero-order chi connectivity index (χ0) is 17.1. The Morgan fingerprint density at radius 1 is 1.39 bits per heavy atom. The SMILES string of the molecule is CCC(C)C(NC(=O)c1cc(C)sc1NC(=O)C1CC1)C(=O)O. The lowest BCUT2D eigenvalue weighted by Gasteiger charge is -2.20. The number of thiophene rings is 1. The summed E-state index contributed by atoms with van der Waals surface area (Å²) in [6.07, 6.45) is 2.41. The first-order valence-corrected chi connectivity index (χ1v) is 8.60. The van der Waals surface area contributed by atoms with Crippen molar-refractivity contribution in [3.63, 3.8) is 0 Å². The molecule has 2 atom stereocenters. The maximum atomic E-state index is 12.5. The van der Waals surface area contributed by atoms with Crippen molar-refractivity contribution in [1.29, 1.82) is 0 Å². The van der Waals surface area contributed by atoms with E-state index in [4.69, 9.17) is 0 Å². The van der Waals surface area contributed by atoms with Crippen molar-refractivity contribution in [3.05, 3.63) is 16.5 Å². The number of carboxylic acid groups (broad SMARTS) is 1. The highest BCUT2D eigenvalue weighted by molar-refractivity contribution is 7.16. The van der Waals surface area contributed by atoms with Crippen LogP contribution in [0.3, 0.4) is 0 Å². The standard InChI is InChI=1S/C16H22N2O4S/c1-4-8(2)12(16(21)22)17-14(20)11-7-9(3)23-15(11)18-13(19)10-5-6-10/h7-8,10,12H,4-6H2,1-3H3,(H,17,20)(H,18,19)(H,21,22). The molecule has 6 nitrogen and oxygen atoms in total. The van der Waals surface area contributed by atoms with Crippen molar-refractivity contribution in [1.82, 2.24) is 5.32 Å². The molecule has 0 radical (unpaired) electrons. The Bertz CT molecular complexity index is 622. The predicted molar refractivity (Wildman–Crippen MR) is 88.8 cm³/mol. The number of nitrogens with one attached hydrogen (secondary N) is 2. The summed E-state index contributed by atoms with van der Waals surface area (Å²) in [5.41, 5.74) is 0.330. The molecule has 3 N–H and O–H groups in total. The molecular formula is C16H22N2O4S. The summed E-state index contributed by atoms with van der Waals surface area (Å²) < 4.78 is 0. The molecule has 0 aliphatic heterocycles. The lowest BCUT2D eigenvalue weighted by atomic mass is 9.99. The van der Waals surface area contributed by atoms with E-state index >= 15 is 0 Å². The predicted octanol–water partition coefficient (Wildman–Crippen LogP) is 2.63. The molecule has 1 heterocycles. The number of aliphatic carboxylic acids is 1. The van der Waals surface area contributed by atoms with E-state index in [1.165, 1.54) is 11.3 Å². The Hall–Kier alpha value is -1.89. The first-order valence-electron chi connectivity index (χ1n) is 7.78. The Morgan fingerprint density at radius 3 is 2.57 bits per heavy atom. The van der Waals surface area contributed by atoms with Crippen LogP contribution in [0.15, 0.2) is 6.07 Å². The molecule has 0 saturated heterocycles. The number of rotatable bonds is 7. The Balaban J connectivity index is 2.14. The molecule has 2 unspecified atom stereocenters. The quantitative estimate of drug-likeness (QED) is 0.712. The van der Waals surface area contributed by atoms with Gasteiger partial charge in [0.25, 0.3) is 5.91 Å². The lowest BCUT2D eigenvalue weighted by Crippen LogP contribution is -2.45. The number of amides is 2. The van der Waals surface area contributed by atoms with Gasteiger partial charge in [-0.3, -0.25) is 9.59 Å². The molecule has 1 aliphatic carbocycles. The van der Waals surface area contributed by atoms with E-state index in [1.54, 1.807) is 13.0 Å². The monoisotopic (exact) mass is 338 g/mol. The summed E-state index contributed by atoms with van der Waals surface area (Å²) in [6.45, 7) is 5.51. The van der Waals surface area contributed by atoms with Gasteiger partial charge in [0.15, 0.2) is 0 Å². The second-order valence-electron chi connectivity index (χ2n) is 6.04. The Kier molecular flexibility index (Phi) is 5.41. The molecule has 0 spiro atoms. The number of anilines is 1. The van der Waals surface area contributed by atoms with Gasteiger partial charge in [-0.05, 0) is 31.7 Å². The molecule has 1 saturated carbocycles. The molecule has 1 aromatic rings. The fourth-order valence-corrected chi connectivity index (χ4v) is 3.15. The Labute approximate surface area is 139 Å². The van der Waals surface area contributed by atoms with Crippen molar-refractivity contribution >= 4 is 34.1 Å². The van der Waals surface area contributed by atoms with Crippen LogP contribution in [0.2, 0.25) is 0 Å². The van der Waals surface area contributed by atoms with Crippen LogP contribution in [0.4, 0.5) is 5.00 Å². The fraction of sp³-hybridized carbons (Fsp3) is 0.562. The molecule has 2 amide bonds. The van der Waals surface area contributed by atoms with Gasteiger partial charge in [0.1, 0.15) is 11.0 Å². The molecule has 23 heavy (non-hydrogen) atoms. The van der Waals surface area contributed by atoms with Crippen molar-refractivity contribution in [2.75, 3.05) is 5.32 Å². The molecule has 1 aliphatic rings. The van der Waals surface area contributed by atoms with Crippen LogP contribution in [0.1, 0.15) is 48.3 Å². The first-order chi connectivity index (χ1) is 10.8. The van der Waals surface area contributed by atoms with Crippen molar-refractivity contribution < 1.29 is 19.5 Å². The van der Waals surface area contributed by atoms with Crippen LogP contribution in [0.5, 0.6) is 0 Å². The molecule has 0 aromatic carbocycles. The summed E-state index contributed by atoms with van der Waals surface area (Å²) in [5.74, 6) is -1.73. The number of hydrogen-bond acceptors (Lipinski definition) is 4.